The van der Waals surface area contributed by atoms with Crippen molar-refractivity contribution in [2.75, 3.05) is 30.9 Å². The van der Waals surface area contributed by atoms with Crippen LogP contribution in [0.4, 0.5) is 16.2 Å². The third-order valence-electron chi connectivity index (χ3n) is 5.97. The van der Waals surface area contributed by atoms with Crippen molar-refractivity contribution < 1.29 is 28.7 Å². The van der Waals surface area contributed by atoms with Gasteiger partial charge in [0.1, 0.15) is 18.0 Å². The Morgan fingerprint density at radius 1 is 0.925 bits per heavy atom. The Hall–Kier alpha value is -4.57. The number of nitrogens with zero attached hydrogens (tertiary/aromatic N) is 1. The highest BCUT2D eigenvalue weighted by molar-refractivity contribution is 8.18. The number of carbonyl (C=O) groups excluding carboxylic acids is 4. The minimum Gasteiger partial charge on any atom is -0.495 e. The molecule has 0 bridgehead atoms. The van der Waals surface area contributed by atoms with E-state index in [1.807, 2.05) is 12.1 Å². The molecule has 9 nitrogen and oxygen atoms in total. The fourth-order valence-electron chi connectivity index (χ4n) is 3.83. The number of carbonyl (C=O) groups is 4. The molecule has 10 heteroatoms. The molecular weight excluding hydrogens is 530 g/mol. The molecule has 0 aliphatic carbocycles. The van der Waals surface area contributed by atoms with E-state index in [2.05, 4.69) is 24.5 Å². The van der Waals surface area contributed by atoms with Crippen molar-refractivity contribution in [2.45, 2.75) is 19.8 Å². The van der Waals surface area contributed by atoms with Gasteiger partial charge in [-0.1, -0.05) is 50.2 Å². The number of anilines is 2. The summed E-state index contributed by atoms with van der Waals surface area (Å²) in [4.78, 5) is 51.2. The summed E-state index contributed by atoms with van der Waals surface area (Å²) >= 11 is 0.776. The smallest absolute Gasteiger partial charge is 0.294 e. The lowest BCUT2D eigenvalue weighted by Gasteiger charge is -2.13. The van der Waals surface area contributed by atoms with Crippen molar-refractivity contribution in [3.8, 4) is 11.5 Å². The molecule has 4 rings (SSSR count). The van der Waals surface area contributed by atoms with Crippen molar-refractivity contribution >= 4 is 52.2 Å². The molecule has 206 valence electrons. The summed E-state index contributed by atoms with van der Waals surface area (Å²) in [7, 11) is 1.52. The van der Waals surface area contributed by atoms with E-state index < -0.39 is 17.1 Å². The highest BCUT2D eigenvalue weighted by Crippen LogP contribution is 2.32. The average molecular weight is 560 g/mol. The molecule has 1 aliphatic rings. The van der Waals surface area contributed by atoms with E-state index in [0.29, 0.717) is 34.4 Å². The first-order valence-electron chi connectivity index (χ1n) is 12.5. The van der Waals surface area contributed by atoms with Crippen LogP contribution in [0.3, 0.4) is 0 Å². The molecule has 0 saturated carbocycles. The molecule has 1 aliphatic heterocycles. The SMILES string of the molecule is COc1ccccc1NC(=O)COc1ccc(/C=C2\SC(=O)N(CC(=O)Nc3ccc(C(C)C)cc3)C2=O)cc1. The van der Waals surface area contributed by atoms with Crippen LogP contribution < -0.4 is 20.1 Å². The third-order valence-corrected chi connectivity index (χ3v) is 6.87. The van der Waals surface area contributed by atoms with Crippen LogP contribution in [-0.4, -0.2) is 48.1 Å². The topological polar surface area (TPSA) is 114 Å². The summed E-state index contributed by atoms with van der Waals surface area (Å²) in [6.07, 6.45) is 1.58. The van der Waals surface area contributed by atoms with Crippen molar-refractivity contribution in [2.24, 2.45) is 0 Å². The number of imide groups is 1. The van der Waals surface area contributed by atoms with Crippen molar-refractivity contribution in [3.05, 3.63) is 88.8 Å². The molecule has 0 radical (unpaired) electrons. The Morgan fingerprint density at radius 3 is 2.30 bits per heavy atom. The number of methoxy groups -OCH3 is 1. The Bertz CT molecular complexity index is 1430. The van der Waals surface area contributed by atoms with Crippen LogP contribution in [0.15, 0.2) is 77.7 Å². The van der Waals surface area contributed by atoms with Crippen molar-refractivity contribution in [1.29, 1.82) is 0 Å². The molecular formula is C30H29N3O6S. The Labute approximate surface area is 236 Å². The van der Waals surface area contributed by atoms with E-state index in [9.17, 15) is 19.2 Å². The van der Waals surface area contributed by atoms with Crippen LogP contribution in [0.25, 0.3) is 6.08 Å². The molecule has 0 atom stereocenters. The molecule has 0 aromatic heterocycles. The Morgan fingerprint density at radius 2 is 1.62 bits per heavy atom. The van der Waals surface area contributed by atoms with Gasteiger partial charge in [0.15, 0.2) is 6.61 Å². The highest BCUT2D eigenvalue weighted by Gasteiger charge is 2.36. The fraction of sp³-hybridized carbons (Fsp3) is 0.200. The van der Waals surface area contributed by atoms with Gasteiger partial charge in [-0.05, 0) is 71.3 Å². The van der Waals surface area contributed by atoms with Crippen LogP contribution in [0.1, 0.15) is 30.9 Å². The predicted octanol–water partition coefficient (Wildman–Crippen LogP) is 5.51. The molecule has 40 heavy (non-hydrogen) atoms. The molecule has 2 N–H and O–H groups in total. The average Bonchev–Trinajstić information content (AvgIpc) is 3.20. The normalized spacial score (nSPS) is 14.0. The first kappa shape index (κ1) is 28.4. The molecule has 0 spiro atoms. The minimum absolute atomic E-state index is 0.208. The van der Waals surface area contributed by atoms with E-state index in [1.165, 1.54) is 7.11 Å². The number of hydrogen-bond donors (Lipinski definition) is 2. The largest absolute Gasteiger partial charge is 0.495 e. The molecule has 4 amide bonds. The molecule has 3 aromatic rings. The van der Waals surface area contributed by atoms with Gasteiger partial charge in [-0.25, -0.2) is 0 Å². The second kappa shape index (κ2) is 13.0. The summed E-state index contributed by atoms with van der Waals surface area (Å²) in [5.74, 6) is 0.0248. The summed E-state index contributed by atoms with van der Waals surface area (Å²) in [5, 5.41) is 4.95. The lowest BCUT2D eigenvalue weighted by atomic mass is 10.0. The van der Waals surface area contributed by atoms with Gasteiger partial charge < -0.3 is 20.1 Å². The van der Waals surface area contributed by atoms with E-state index in [4.69, 9.17) is 9.47 Å². The summed E-state index contributed by atoms with van der Waals surface area (Å²) in [6, 6.07) is 21.2. The van der Waals surface area contributed by atoms with Crippen LogP contribution in [0, 0.1) is 0 Å². The van der Waals surface area contributed by atoms with Crippen LogP contribution in [-0.2, 0) is 14.4 Å². The van der Waals surface area contributed by atoms with Gasteiger partial charge in [-0.15, -0.1) is 0 Å². The minimum atomic E-state index is -0.534. The summed E-state index contributed by atoms with van der Waals surface area (Å²) in [5.41, 5.74) is 2.94. The van der Waals surface area contributed by atoms with Gasteiger partial charge >= 0.3 is 0 Å². The lowest BCUT2D eigenvalue weighted by molar-refractivity contribution is -0.127. The second-order valence-corrected chi connectivity index (χ2v) is 10.2. The van der Waals surface area contributed by atoms with Crippen LogP contribution in [0.5, 0.6) is 11.5 Å². The van der Waals surface area contributed by atoms with E-state index >= 15 is 0 Å². The maximum absolute atomic E-state index is 12.8. The maximum Gasteiger partial charge on any atom is 0.294 e. The summed E-state index contributed by atoms with van der Waals surface area (Å²) in [6.45, 7) is 3.57. The quantitative estimate of drug-likeness (QED) is 0.315. The molecule has 1 heterocycles. The zero-order valence-electron chi connectivity index (χ0n) is 22.3. The lowest BCUT2D eigenvalue weighted by Crippen LogP contribution is -2.36. The van der Waals surface area contributed by atoms with Gasteiger partial charge in [-0.2, -0.15) is 0 Å². The van der Waals surface area contributed by atoms with Gasteiger partial charge in [0.25, 0.3) is 17.1 Å². The molecule has 3 aromatic carbocycles. The number of ether oxygens (including phenoxy) is 2. The van der Waals surface area contributed by atoms with Crippen molar-refractivity contribution in [3.63, 3.8) is 0 Å². The monoisotopic (exact) mass is 559 g/mol. The first-order chi connectivity index (χ1) is 19.2. The number of benzene rings is 3. The predicted molar refractivity (Wildman–Crippen MR) is 155 cm³/mol. The number of amides is 4. The third kappa shape index (κ3) is 7.29. The van der Waals surface area contributed by atoms with Gasteiger partial charge in [-0.3, -0.25) is 24.1 Å². The number of rotatable bonds is 10. The highest BCUT2D eigenvalue weighted by atomic mass is 32.2. The van der Waals surface area contributed by atoms with Gasteiger partial charge in [0, 0.05) is 5.69 Å². The van der Waals surface area contributed by atoms with E-state index in [1.54, 1.807) is 66.7 Å². The van der Waals surface area contributed by atoms with E-state index in [-0.39, 0.29) is 24.0 Å². The zero-order chi connectivity index (χ0) is 28.6. The van der Waals surface area contributed by atoms with Gasteiger partial charge in [0.05, 0.1) is 17.7 Å². The van der Waals surface area contributed by atoms with Crippen LogP contribution in [0.2, 0.25) is 0 Å². The number of hydrogen-bond acceptors (Lipinski definition) is 7. The molecule has 0 unspecified atom stereocenters. The van der Waals surface area contributed by atoms with E-state index in [0.717, 1.165) is 22.2 Å². The Balaban J connectivity index is 1.30. The molecule has 1 fully saturated rings. The molecule has 1 saturated heterocycles. The van der Waals surface area contributed by atoms with Crippen LogP contribution >= 0.6 is 11.8 Å². The standard InChI is InChI=1S/C30H29N3O6S/c1-19(2)21-10-12-22(13-11-21)31-27(34)17-33-29(36)26(40-30(33)37)16-20-8-14-23(15-9-20)39-18-28(35)32-24-6-4-5-7-25(24)38-3/h4-16,19H,17-18H2,1-3H3,(H,31,34)(H,32,35)/b26-16-. The van der Waals surface area contributed by atoms with Crippen molar-refractivity contribution in [1.82, 2.24) is 4.90 Å². The summed E-state index contributed by atoms with van der Waals surface area (Å²) < 4.78 is 10.8. The number of thioether (sulfide) groups is 1. The fourth-order valence-corrected chi connectivity index (χ4v) is 4.66. The number of para-hydroxylation sites is 2. The zero-order valence-corrected chi connectivity index (χ0v) is 23.1. The van der Waals surface area contributed by atoms with Gasteiger partial charge in [0.2, 0.25) is 5.91 Å². The first-order valence-corrected chi connectivity index (χ1v) is 13.4. The number of nitrogens with one attached hydrogen (secondary N) is 2. The maximum atomic E-state index is 12.8. The second-order valence-electron chi connectivity index (χ2n) is 9.20. The Kier molecular flexibility index (Phi) is 9.23.